The molecule has 2 heteroatoms. The molecule has 16 aromatic rings. The van der Waals surface area contributed by atoms with E-state index in [4.69, 9.17) is 0 Å². The predicted octanol–water partition coefficient (Wildman–Crippen LogP) is 31.1. The monoisotopic (exact) mass is 1550 g/mol. The van der Waals surface area contributed by atoms with E-state index in [0.29, 0.717) is 0 Å². The first-order valence-corrected chi connectivity index (χ1v) is 43.5. The van der Waals surface area contributed by atoms with E-state index in [9.17, 15) is 0 Å². The van der Waals surface area contributed by atoms with Gasteiger partial charge in [0.05, 0.1) is 5.41 Å². The minimum absolute atomic E-state index is 0.148. The number of nitrogens with zero attached hydrogens (tertiary/aromatic N) is 2. The fourth-order valence-electron chi connectivity index (χ4n) is 24.0. The molecule has 0 aromatic heterocycles. The zero-order chi connectivity index (χ0) is 81.9. The van der Waals surface area contributed by atoms with Crippen molar-refractivity contribution in [2.75, 3.05) is 9.80 Å². The predicted molar refractivity (Wildman–Crippen MR) is 508 cm³/mol. The summed E-state index contributed by atoms with van der Waals surface area (Å²) in [5.74, 6) is 0. The van der Waals surface area contributed by atoms with Crippen LogP contribution in [-0.4, -0.2) is 0 Å². The minimum Gasteiger partial charge on any atom is -0.310 e. The van der Waals surface area contributed by atoms with Crippen LogP contribution in [0.15, 0.2) is 328 Å². The Labute approximate surface area is 712 Å². The molecule has 0 heterocycles. The van der Waals surface area contributed by atoms with Crippen LogP contribution in [0.1, 0.15) is 194 Å². The van der Waals surface area contributed by atoms with Crippen molar-refractivity contribution in [2.45, 2.75) is 121 Å². The standard InChI is InChI=1S/C119H94N2/c1-113(2)97-31-19-13-25-81(97)89-55-45-75(65-105(89)113)120(76-46-56-90-82-26-14-20-32-98(82)114(3,4)106(90)66-76)79-49-59-93-87-51-41-71(61-103(87)117(9,10)109(93)69-79)37-39-73-43-53-95-96-54-44-74(64-112(96)119(111(95)63-73)101-35-23-17-29-85(101)86-30-18-24-36-102(86)119)40-38-72-42-52-88-94-60-50-80(70-110(94)118(11,12)104(88)62-72)121(77-47-57-91-83-27-15-21-33-99(83)115(5,6)107(91)67-77)78-48-58-92-84-28-16-22-34-100(84)116(7,8)108(92)68-78/h13-70H,1-12H3/b39-37+,40-38+. The van der Waals surface area contributed by atoms with Gasteiger partial charge in [-0.15, -0.1) is 0 Å². The fourth-order valence-corrected chi connectivity index (χ4v) is 24.0. The third-order valence-electron chi connectivity index (χ3n) is 30.3. The van der Waals surface area contributed by atoms with Crippen LogP contribution in [0.3, 0.4) is 0 Å². The second-order valence-electron chi connectivity index (χ2n) is 38.7. The average Bonchev–Trinajstić information content (AvgIpc) is 1.50. The Bertz CT molecular complexity index is 6700. The molecular formula is C119H94N2. The summed E-state index contributed by atoms with van der Waals surface area (Å²) in [7, 11) is 0. The Morgan fingerprint density at radius 3 is 0.537 bits per heavy atom. The molecule has 0 atom stereocenters. The maximum atomic E-state index is 2.53. The van der Waals surface area contributed by atoms with E-state index in [2.05, 4.69) is 445 Å². The molecule has 0 bridgehead atoms. The molecule has 0 fully saturated rings. The van der Waals surface area contributed by atoms with Gasteiger partial charge in [0.15, 0.2) is 0 Å². The van der Waals surface area contributed by atoms with Gasteiger partial charge in [-0.25, -0.2) is 0 Å². The third kappa shape index (κ3) is 9.82. The molecule has 0 saturated carbocycles. The summed E-state index contributed by atoms with van der Waals surface area (Å²) in [4.78, 5) is 5.07. The highest BCUT2D eigenvalue weighted by Crippen LogP contribution is 2.65. The summed E-state index contributed by atoms with van der Waals surface area (Å²) in [5.41, 5.74) is 52.8. The van der Waals surface area contributed by atoms with Gasteiger partial charge in [0.25, 0.3) is 0 Å². The van der Waals surface area contributed by atoms with Gasteiger partial charge in [-0.2, -0.15) is 0 Å². The van der Waals surface area contributed by atoms with E-state index >= 15 is 0 Å². The smallest absolute Gasteiger partial charge is 0.0725 e. The first kappa shape index (κ1) is 71.7. The number of benzene rings is 16. The van der Waals surface area contributed by atoms with Crippen molar-refractivity contribution in [1.29, 1.82) is 0 Å². The van der Waals surface area contributed by atoms with Crippen molar-refractivity contribution < 1.29 is 0 Å². The second kappa shape index (κ2) is 24.9. The summed E-state index contributed by atoms with van der Waals surface area (Å²) in [6.45, 7) is 28.9. The third-order valence-corrected chi connectivity index (χ3v) is 30.3. The molecule has 24 rings (SSSR count). The van der Waals surface area contributed by atoms with Crippen LogP contribution in [0.4, 0.5) is 34.1 Å². The molecule has 8 aliphatic carbocycles. The molecule has 2 nitrogen and oxygen atoms in total. The van der Waals surface area contributed by atoms with Gasteiger partial charge in [0.1, 0.15) is 0 Å². The molecule has 0 N–H and O–H groups in total. The van der Waals surface area contributed by atoms with Gasteiger partial charge >= 0.3 is 0 Å². The molecule has 0 amide bonds. The van der Waals surface area contributed by atoms with E-state index in [0.717, 1.165) is 11.4 Å². The zero-order valence-electron chi connectivity index (χ0n) is 70.9. The van der Waals surface area contributed by atoms with Crippen LogP contribution in [0.25, 0.3) is 113 Å². The maximum absolute atomic E-state index is 2.53. The number of hydrogen-bond acceptors (Lipinski definition) is 2. The number of rotatable bonds is 10. The van der Waals surface area contributed by atoms with E-state index in [1.165, 1.54) is 223 Å². The van der Waals surface area contributed by atoms with Crippen molar-refractivity contribution in [3.8, 4) is 89.0 Å². The van der Waals surface area contributed by atoms with E-state index in [1.807, 2.05) is 0 Å². The fraction of sp³-hybridized carbons (Fsp3) is 0.160. The van der Waals surface area contributed by atoms with Crippen molar-refractivity contribution in [3.05, 3.63) is 439 Å². The number of hydrogen-bond donors (Lipinski definition) is 0. The summed E-state index contributed by atoms with van der Waals surface area (Å²) in [5, 5.41) is 0. The van der Waals surface area contributed by atoms with Gasteiger partial charge < -0.3 is 9.80 Å². The van der Waals surface area contributed by atoms with Crippen molar-refractivity contribution in [1.82, 2.24) is 0 Å². The van der Waals surface area contributed by atoms with Gasteiger partial charge in [-0.05, 0) is 285 Å². The normalized spacial score (nSPS) is 16.5. The van der Waals surface area contributed by atoms with Crippen LogP contribution >= 0.6 is 0 Å². The summed E-state index contributed by atoms with van der Waals surface area (Å²) in [6.07, 6.45) is 9.40. The highest BCUT2D eigenvalue weighted by Gasteiger charge is 2.52. The van der Waals surface area contributed by atoms with E-state index in [1.54, 1.807) is 0 Å². The molecule has 8 aliphatic rings. The second-order valence-corrected chi connectivity index (χ2v) is 38.7. The SMILES string of the molecule is CC1(C)c2ccccc2-c2ccc(N(c3ccc4c(c3)C(C)(C)c3ccccc3-4)c3ccc4c(c3)C(C)(C)c3cc(/C=C/c5ccc6c(c5)C5(c7ccccc7-c7ccccc75)c5cc(/C=C/c7ccc8c(c7)C(C)(C)c7cc(N(c9ccc%10c(c9)C(C)(C)c9ccccc9-%10)c9ccc%10c(c9)C(C)(C)c9ccccc9-%10)ccc7-8)ccc5-6)ccc3-4)cc21. The first-order chi connectivity index (χ1) is 58.5. The zero-order valence-corrected chi connectivity index (χ0v) is 70.9. The minimum atomic E-state index is -0.529. The first-order valence-electron chi connectivity index (χ1n) is 43.5. The number of fused-ring (bicyclic) bond motifs is 28. The Morgan fingerprint density at radius 1 is 0.149 bits per heavy atom. The highest BCUT2D eigenvalue weighted by atomic mass is 15.1. The van der Waals surface area contributed by atoms with Gasteiger partial charge in [-0.1, -0.05) is 350 Å². The molecule has 0 aliphatic heterocycles. The van der Waals surface area contributed by atoms with E-state index < -0.39 is 5.41 Å². The maximum Gasteiger partial charge on any atom is 0.0725 e. The Kier molecular flexibility index (Phi) is 14.7. The van der Waals surface area contributed by atoms with Gasteiger partial charge in [0.2, 0.25) is 0 Å². The lowest BCUT2D eigenvalue weighted by molar-refractivity contribution is 0.659. The highest BCUT2D eigenvalue weighted by molar-refractivity contribution is 5.99. The topological polar surface area (TPSA) is 6.48 Å². The van der Waals surface area contributed by atoms with Gasteiger partial charge in [-0.3, -0.25) is 0 Å². The van der Waals surface area contributed by atoms with Gasteiger partial charge in [0, 0.05) is 66.6 Å². The molecule has 580 valence electrons. The lowest BCUT2D eigenvalue weighted by Gasteiger charge is -2.31. The molecule has 0 saturated heterocycles. The average molecular weight is 1550 g/mol. The van der Waals surface area contributed by atoms with Crippen LogP contribution in [0.2, 0.25) is 0 Å². The quantitative estimate of drug-likeness (QED) is 0.126. The summed E-state index contributed by atoms with van der Waals surface area (Å²) >= 11 is 0. The molecule has 16 aromatic carbocycles. The summed E-state index contributed by atoms with van der Waals surface area (Å²) in [6, 6.07) is 127. The molecule has 0 radical (unpaired) electrons. The molecular weight excluding hydrogens is 1460 g/mol. The largest absolute Gasteiger partial charge is 0.310 e. The molecule has 121 heavy (non-hydrogen) atoms. The van der Waals surface area contributed by atoms with Crippen LogP contribution in [0, 0.1) is 0 Å². The molecule has 0 unspecified atom stereocenters. The lowest BCUT2D eigenvalue weighted by atomic mass is 9.70. The Morgan fingerprint density at radius 2 is 0.306 bits per heavy atom. The number of anilines is 6. The van der Waals surface area contributed by atoms with Crippen LogP contribution in [0.5, 0.6) is 0 Å². The lowest BCUT2D eigenvalue weighted by Crippen LogP contribution is -2.26. The van der Waals surface area contributed by atoms with Crippen molar-refractivity contribution >= 4 is 58.4 Å². The van der Waals surface area contributed by atoms with E-state index in [-0.39, 0.29) is 32.5 Å². The van der Waals surface area contributed by atoms with Crippen LogP contribution in [-0.2, 0) is 37.9 Å². The van der Waals surface area contributed by atoms with Crippen molar-refractivity contribution in [2.24, 2.45) is 0 Å². The Balaban J connectivity index is 0.546. The van der Waals surface area contributed by atoms with Crippen LogP contribution < -0.4 is 9.80 Å². The Hall–Kier alpha value is -13.4. The molecule has 1 spiro atoms. The van der Waals surface area contributed by atoms with Crippen molar-refractivity contribution in [3.63, 3.8) is 0 Å². The summed E-state index contributed by atoms with van der Waals surface area (Å²) < 4.78 is 0.